The molecule has 3 rings (SSSR count). The van der Waals surface area contributed by atoms with Crippen molar-refractivity contribution in [2.24, 2.45) is 4.99 Å². The van der Waals surface area contributed by atoms with Gasteiger partial charge in [0.25, 0.3) is 0 Å². The summed E-state index contributed by atoms with van der Waals surface area (Å²) in [5.41, 5.74) is 4.54. The summed E-state index contributed by atoms with van der Waals surface area (Å²) in [7, 11) is 0. The smallest absolute Gasteiger partial charge is 0.0629 e. The fourth-order valence-electron chi connectivity index (χ4n) is 2.06. The molecule has 0 N–H and O–H groups in total. The van der Waals surface area contributed by atoms with Gasteiger partial charge in [-0.3, -0.25) is 4.99 Å². The molecule has 0 amide bonds. The van der Waals surface area contributed by atoms with Crippen LogP contribution in [0.5, 0.6) is 0 Å². The topological polar surface area (TPSA) is 12.4 Å². The lowest BCUT2D eigenvalue weighted by molar-refractivity contribution is 1.52. The third-order valence-corrected chi connectivity index (χ3v) is 3.14. The Hall–Kier alpha value is -2.67. The highest BCUT2D eigenvalue weighted by Gasteiger charge is 1.95. The quantitative estimate of drug-likeness (QED) is 0.578. The molecule has 0 radical (unpaired) electrons. The van der Waals surface area contributed by atoms with Gasteiger partial charge in [-0.15, -0.1) is 0 Å². The summed E-state index contributed by atoms with van der Waals surface area (Å²) in [4.78, 5) is 4.45. The summed E-state index contributed by atoms with van der Waals surface area (Å²) in [6.07, 6.45) is 1.89. The van der Waals surface area contributed by atoms with Crippen LogP contribution in [0, 0.1) is 0 Å². The van der Waals surface area contributed by atoms with E-state index >= 15 is 0 Å². The summed E-state index contributed by atoms with van der Waals surface area (Å²) in [6.45, 7) is 0. The van der Waals surface area contributed by atoms with Gasteiger partial charge in [0.2, 0.25) is 0 Å². The lowest BCUT2D eigenvalue weighted by Crippen LogP contribution is -1.82. The lowest BCUT2D eigenvalue weighted by Gasteiger charge is -2.01. The molecule has 0 aliphatic heterocycles. The molecule has 0 bridgehead atoms. The van der Waals surface area contributed by atoms with Crippen molar-refractivity contribution in [2.75, 3.05) is 0 Å². The molecule has 0 atom stereocenters. The third kappa shape index (κ3) is 3.01. The van der Waals surface area contributed by atoms with Crippen molar-refractivity contribution in [3.8, 4) is 11.1 Å². The van der Waals surface area contributed by atoms with E-state index in [2.05, 4.69) is 53.5 Å². The maximum atomic E-state index is 4.45. The van der Waals surface area contributed by atoms with E-state index in [0.29, 0.717) is 0 Å². The van der Waals surface area contributed by atoms with Crippen LogP contribution >= 0.6 is 0 Å². The van der Waals surface area contributed by atoms with Crippen molar-refractivity contribution < 1.29 is 0 Å². The minimum atomic E-state index is 0.972. The molecule has 0 saturated heterocycles. The first-order valence-electron chi connectivity index (χ1n) is 6.66. The number of para-hydroxylation sites is 1. The second kappa shape index (κ2) is 5.98. The predicted molar refractivity (Wildman–Crippen MR) is 85.6 cm³/mol. The van der Waals surface area contributed by atoms with Gasteiger partial charge in [0.15, 0.2) is 0 Å². The average molecular weight is 257 g/mol. The molecular formula is C19H15N. The Morgan fingerprint density at radius 3 is 1.75 bits per heavy atom. The van der Waals surface area contributed by atoms with Crippen molar-refractivity contribution in [1.82, 2.24) is 0 Å². The van der Waals surface area contributed by atoms with E-state index in [1.807, 2.05) is 42.6 Å². The molecule has 0 heterocycles. The maximum absolute atomic E-state index is 4.45. The Morgan fingerprint density at radius 2 is 1.10 bits per heavy atom. The third-order valence-electron chi connectivity index (χ3n) is 3.14. The van der Waals surface area contributed by atoms with Gasteiger partial charge in [-0.05, 0) is 28.8 Å². The van der Waals surface area contributed by atoms with Crippen LogP contribution < -0.4 is 0 Å². The minimum Gasteiger partial charge on any atom is -0.256 e. The summed E-state index contributed by atoms with van der Waals surface area (Å²) in [5, 5.41) is 0. The Bertz CT molecular complexity index is 683. The number of rotatable bonds is 3. The molecule has 1 heteroatoms. The molecule has 20 heavy (non-hydrogen) atoms. The maximum Gasteiger partial charge on any atom is 0.0629 e. The van der Waals surface area contributed by atoms with Crippen LogP contribution in [0.1, 0.15) is 5.56 Å². The second-order valence-corrected chi connectivity index (χ2v) is 4.58. The number of aliphatic imine (C=N–C) groups is 1. The van der Waals surface area contributed by atoms with Crippen LogP contribution in [0.2, 0.25) is 0 Å². The van der Waals surface area contributed by atoms with E-state index in [1.54, 1.807) is 0 Å². The summed E-state index contributed by atoms with van der Waals surface area (Å²) in [6, 6.07) is 28.8. The van der Waals surface area contributed by atoms with Crippen molar-refractivity contribution in [2.45, 2.75) is 0 Å². The van der Waals surface area contributed by atoms with Gasteiger partial charge >= 0.3 is 0 Å². The van der Waals surface area contributed by atoms with Gasteiger partial charge in [-0.25, -0.2) is 0 Å². The van der Waals surface area contributed by atoms with Crippen molar-refractivity contribution in [1.29, 1.82) is 0 Å². The van der Waals surface area contributed by atoms with Gasteiger partial charge in [0.05, 0.1) is 5.69 Å². The number of nitrogens with zero attached hydrogens (tertiary/aromatic N) is 1. The molecule has 1 nitrogen and oxygen atoms in total. The molecule has 96 valence electrons. The Labute approximate surface area is 119 Å². The van der Waals surface area contributed by atoms with E-state index < -0.39 is 0 Å². The number of benzene rings is 3. The van der Waals surface area contributed by atoms with Gasteiger partial charge in [0, 0.05) is 6.21 Å². The summed E-state index contributed by atoms with van der Waals surface area (Å²) in [5.74, 6) is 0. The van der Waals surface area contributed by atoms with Gasteiger partial charge < -0.3 is 0 Å². The fourth-order valence-corrected chi connectivity index (χ4v) is 2.06. The predicted octanol–water partition coefficient (Wildman–Crippen LogP) is 5.10. The molecule has 0 aliphatic rings. The van der Waals surface area contributed by atoms with Crippen molar-refractivity contribution in [3.63, 3.8) is 0 Å². The summed E-state index contributed by atoms with van der Waals surface area (Å²) >= 11 is 0. The van der Waals surface area contributed by atoms with E-state index in [0.717, 1.165) is 11.3 Å². The lowest BCUT2D eigenvalue weighted by atomic mass is 10.0. The second-order valence-electron chi connectivity index (χ2n) is 4.58. The molecule has 0 saturated carbocycles. The molecule has 0 aromatic heterocycles. The standard InChI is InChI=1S/C19H15N/c1-3-7-17(8-4-1)18-13-11-16(12-14-18)15-20-19-9-5-2-6-10-19/h1-15H/b20-15+. The summed E-state index contributed by atoms with van der Waals surface area (Å²) < 4.78 is 0. The van der Waals surface area contributed by atoms with Crippen LogP contribution in [0.4, 0.5) is 5.69 Å². The first-order valence-corrected chi connectivity index (χ1v) is 6.66. The molecule has 3 aromatic carbocycles. The zero-order chi connectivity index (χ0) is 13.6. The molecular weight excluding hydrogens is 242 g/mol. The fraction of sp³-hybridized carbons (Fsp3) is 0. The van der Waals surface area contributed by atoms with Crippen LogP contribution in [0.15, 0.2) is 89.9 Å². The highest BCUT2D eigenvalue weighted by atomic mass is 14.7. The van der Waals surface area contributed by atoms with Crippen LogP contribution in [0.3, 0.4) is 0 Å². The van der Waals surface area contributed by atoms with Gasteiger partial charge in [0.1, 0.15) is 0 Å². The first-order chi connectivity index (χ1) is 9.92. The van der Waals surface area contributed by atoms with E-state index in [4.69, 9.17) is 0 Å². The normalized spacial score (nSPS) is 10.8. The molecule has 0 aliphatic carbocycles. The number of hydrogen-bond acceptors (Lipinski definition) is 1. The van der Waals surface area contributed by atoms with Crippen molar-refractivity contribution >= 4 is 11.9 Å². The molecule has 0 spiro atoms. The van der Waals surface area contributed by atoms with Crippen LogP contribution in [-0.4, -0.2) is 6.21 Å². The SMILES string of the molecule is C(=N\c1ccccc1)/c1ccc(-c2ccccc2)cc1. The highest BCUT2D eigenvalue weighted by Crippen LogP contribution is 2.19. The van der Waals surface area contributed by atoms with E-state index in [9.17, 15) is 0 Å². The van der Waals surface area contributed by atoms with E-state index in [1.165, 1.54) is 11.1 Å². The number of hydrogen-bond donors (Lipinski definition) is 0. The Balaban J connectivity index is 1.79. The van der Waals surface area contributed by atoms with Crippen molar-refractivity contribution in [3.05, 3.63) is 90.5 Å². The molecule has 0 fully saturated rings. The Kier molecular flexibility index (Phi) is 3.70. The van der Waals surface area contributed by atoms with Crippen LogP contribution in [-0.2, 0) is 0 Å². The minimum absolute atomic E-state index is 0.972. The Morgan fingerprint density at radius 1 is 0.550 bits per heavy atom. The first kappa shape index (κ1) is 12.4. The molecule has 0 unspecified atom stereocenters. The zero-order valence-corrected chi connectivity index (χ0v) is 11.1. The van der Waals surface area contributed by atoms with Gasteiger partial charge in [-0.2, -0.15) is 0 Å². The average Bonchev–Trinajstić information content (AvgIpc) is 2.55. The largest absolute Gasteiger partial charge is 0.256 e. The van der Waals surface area contributed by atoms with Gasteiger partial charge in [-0.1, -0.05) is 72.8 Å². The van der Waals surface area contributed by atoms with E-state index in [-0.39, 0.29) is 0 Å². The zero-order valence-electron chi connectivity index (χ0n) is 11.1. The van der Waals surface area contributed by atoms with Crippen LogP contribution in [0.25, 0.3) is 11.1 Å². The molecule has 3 aromatic rings. The highest BCUT2D eigenvalue weighted by molar-refractivity contribution is 5.83. The monoisotopic (exact) mass is 257 g/mol.